The van der Waals surface area contributed by atoms with Crippen molar-refractivity contribution >= 4 is 21.6 Å². The molecule has 0 unspecified atom stereocenters. The lowest BCUT2D eigenvalue weighted by Gasteiger charge is -2.37. The molecule has 0 aliphatic carbocycles. The fraction of sp³-hybridized carbons (Fsp3) is 0.458. The number of nitrogens with zero attached hydrogens (tertiary/aromatic N) is 3. The first-order valence-corrected chi connectivity index (χ1v) is 12.6. The summed E-state index contributed by atoms with van der Waals surface area (Å²) in [5.74, 6) is 1.26. The number of likely N-dealkylation sites (N-methyl/N-ethyl adjacent to an activating group) is 1. The zero-order valence-electron chi connectivity index (χ0n) is 19.8. The molecule has 1 aliphatic heterocycles. The zero-order valence-corrected chi connectivity index (χ0v) is 20.6. The number of para-hydroxylation sites is 2. The van der Waals surface area contributed by atoms with Crippen molar-refractivity contribution in [2.75, 3.05) is 57.9 Å². The van der Waals surface area contributed by atoms with Gasteiger partial charge in [0.15, 0.2) is 0 Å². The number of piperazine rings is 1. The predicted octanol–water partition coefficient (Wildman–Crippen LogP) is 2.76. The standard InChI is InChI=1S/C24H33N3O5S/c1-5-27(33(29,30)20-11-12-22(32-6-2)19(3)17-20)18-24(28)26-15-13-25(14-16-26)21-9-7-8-10-23(21)31-4/h7-12,17H,5-6,13-16,18H2,1-4H3. The lowest BCUT2D eigenvalue weighted by Crippen LogP contribution is -2.51. The third kappa shape index (κ3) is 5.59. The van der Waals surface area contributed by atoms with Gasteiger partial charge in [-0.15, -0.1) is 0 Å². The maximum atomic E-state index is 13.2. The van der Waals surface area contributed by atoms with E-state index < -0.39 is 10.0 Å². The molecule has 0 saturated carbocycles. The minimum Gasteiger partial charge on any atom is -0.495 e. The van der Waals surface area contributed by atoms with Gasteiger partial charge in [0.05, 0.1) is 30.8 Å². The second-order valence-electron chi connectivity index (χ2n) is 7.83. The molecule has 33 heavy (non-hydrogen) atoms. The molecule has 1 fully saturated rings. The monoisotopic (exact) mass is 475 g/mol. The third-order valence-corrected chi connectivity index (χ3v) is 7.72. The van der Waals surface area contributed by atoms with Gasteiger partial charge in [0.2, 0.25) is 15.9 Å². The smallest absolute Gasteiger partial charge is 0.243 e. The largest absolute Gasteiger partial charge is 0.495 e. The average Bonchev–Trinajstić information content (AvgIpc) is 2.83. The van der Waals surface area contributed by atoms with Crippen LogP contribution in [0.3, 0.4) is 0 Å². The first-order chi connectivity index (χ1) is 15.8. The molecular weight excluding hydrogens is 442 g/mol. The maximum Gasteiger partial charge on any atom is 0.243 e. The van der Waals surface area contributed by atoms with E-state index in [-0.39, 0.29) is 23.9 Å². The van der Waals surface area contributed by atoms with Crippen molar-refractivity contribution in [2.45, 2.75) is 25.7 Å². The van der Waals surface area contributed by atoms with Crippen LogP contribution in [0.15, 0.2) is 47.4 Å². The van der Waals surface area contributed by atoms with Crippen LogP contribution < -0.4 is 14.4 Å². The molecule has 3 rings (SSSR count). The normalized spacial score (nSPS) is 14.5. The average molecular weight is 476 g/mol. The van der Waals surface area contributed by atoms with E-state index in [1.165, 1.54) is 10.4 Å². The molecule has 0 bridgehead atoms. The predicted molar refractivity (Wildman–Crippen MR) is 129 cm³/mol. The van der Waals surface area contributed by atoms with Crippen molar-refractivity contribution in [1.29, 1.82) is 0 Å². The molecule has 1 amide bonds. The molecular formula is C24H33N3O5S. The zero-order chi connectivity index (χ0) is 24.0. The highest BCUT2D eigenvalue weighted by atomic mass is 32.2. The Morgan fingerprint density at radius 3 is 2.33 bits per heavy atom. The van der Waals surface area contributed by atoms with Gasteiger partial charge in [0.25, 0.3) is 0 Å². The molecule has 1 heterocycles. The minimum atomic E-state index is -3.80. The fourth-order valence-electron chi connectivity index (χ4n) is 3.95. The number of rotatable bonds is 9. The Labute approximate surface area is 196 Å². The van der Waals surface area contributed by atoms with E-state index in [2.05, 4.69) is 4.90 Å². The van der Waals surface area contributed by atoms with Crippen LogP contribution in [0.2, 0.25) is 0 Å². The van der Waals surface area contributed by atoms with Crippen LogP contribution in [0.4, 0.5) is 5.69 Å². The van der Waals surface area contributed by atoms with Gasteiger partial charge < -0.3 is 19.3 Å². The molecule has 2 aromatic rings. The van der Waals surface area contributed by atoms with Gasteiger partial charge in [-0.2, -0.15) is 4.31 Å². The van der Waals surface area contributed by atoms with Gasteiger partial charge in [0.1, 0.15) is 11.5 Å². The number of amides is 1. The van der Waals surface area contributed by atoms with Crippen LogP contribution in [0.5, 0.6) is 11.5 Å². The molecule has 0 spiro atoms. The SMILES string of the molecule is CCOc1ccc(S(=O)(=O)N(CC)CC(=O)N2CCN(c3ccccc3OC)CC2)cc1C. The number of carbonyl (C=O) groups is 1. The molecule has 9 heteroatoms. The minimum absolute atomic E-state index is 0.166. The summed E-state index contributed by atoms with van der Waals surface area (Å²) in [6.07, 6.45) is 0. The number of hydrogen-bond donors (Lipinski definition) is 0. The van der Waals surface area contributed by atoms with Gasteiger partial charge in [-0.3, -0.25) is 4.79 Å². The van der Waals surface area contributed by atoms with E-state index in [0.717, 1.165) is 17.0 Å². The van der Waals surface area contributed by atoms with E-state index in [4.69, 9.17) is 9.47 Å². The Balaban J connectivity index is 1.66. The Morgan fingerprint density at radius 1 is 1.03 bits per heavy atom. The summed E-state index contributed by atoms with van der Waals surface area (Å²) >= 11 is 0. The Kier molecular flexibility index (Phi) is 8.20. The van der Waals surface area contributed by atoms with Crippen molar-refractivity contribution < 1.29 is 22.7 Å². The van der Waals surface area contributed by atoms with Crippen LogP contribution in [-0.4, -0.2) is 76.5 Å². The highest BCUT2D eigenvalue weighted by molar-refractivity contribution is 7.89. The first-order valence-electron chi connectivity index (χ1n) is 11.2. The molecule has 1 saturated heterocycles. The first kappa shape index (κ1) is 24.9. The molecule has 2 aromatic carbocycles. The van der Waals surface area contributed by atoms with Gasteiger partial charge >= 0.3 is 0 Å². The summed E-state index contributed by atoms with van der Waals surface area (Å²) in [4.78, 5) is 17.1. The van der Waals surface area contributed by atoms with E-state index in [0.29, 0.717) is 38.5 Å². The summed E-state index contributed by atoms with van der Waals surface area (Å²) in [5.41, 5.74) is 1.74. The van der Waals surface area contributed by atoms with Crippen LogP contribution in [0.1, 0.15) is 19.4 Å². The van der Waals surface area contributed by atoms with Crippen LogP contribution in [-0.2, 0) is 14.8 Å². The molecule has 0 aromatic heterocycles. The quantitative estimate of drug-likeness (QED) is 0.555. The number of benzene rings is 2. The van der Waals surface area contributed by atoms with Crippen LogP contribution in [0, 0.1) is 6.92 Å². The molecule has 8 nitrogen and oxygen atoms in total. The number of carbonyl (C=O) groups excluding carboxylic acids is 1. The second-order valence-corrected chi connectivity index (χ2v) is 9.77. The number of sulfonamides is 1. The van der Waals surface area contributed by atoms with Crippen LogP contribution >= 0.6 is 0 Å². The van der Waals surface area contributed by atoms with E-state index in [1.807, 2.05) is 38.1 Å². The number of anilines is 1. The Morgan fingerprint density at radius 2 is 1.73 bits per heavy atom. The molecule has 180 valence electrons. The van der Waals surface area contributed by atoms with Crippen molar-refractivity contribution in [1.82, 2.24) is 9.21 Å². The summed E-state index contributed by atoms with van der Waals surface area (Å²) in [7, 11) is -2.16. The maximum absolute atomic E-state index is 13.2. The summed E-state index contributed by atoms with van der Waals surface area (Å²) in [6.45, 7) is 8.33. The molecule has 1 aliphatic rings. The second kappa shape index (κ2) is 10.9. The fourth-order valence-corrected chi connectivity index (χ4v) is 5.44. The number of aryl methyl sites for hydroxylation is 1. The van der Waals surface area contributed by atoms with Gasteiger partial charge in [-0.05, 0) is 49.7 Å². The third-order valence-electron chi connectivity index (χ3n) is 5.81. The Bertz CT molecular complexity index is 1070. The summed E-state index contributed by atoms with van der Waals surface area (Å²) in [5, 5.41) is 0. The van der Waals surface area contributed by atoms with Crippen molar-refractivity contribution in [3.05, 3.63) is 48.0 Å². The molecule has 0 N–H and O–H groups in total. The lowest BCUT2D eigenvalue weighted by molar-refractivity contribution is -0.131. The van der Waals surface area contributed by atoms with Crippen molar-refractivity contribution in [2.24, 2.45) is 0 Å². The Hall–Kier alpha value is -2.78. The van der Waals surface area contributed by atoms with E-state index in [1.54, 1.807) is 31.1 Å². The van der Waals surface area contributed by atoms with Gasteiger partial charge in [0, 0.05) is 32.7 Å². The lowest BCUT2D eigenvalue weighted by atomic mass is 10.2. The van der Waals surface area contributed by atoms with Crippen LogP contribution in [0.25, 0.3) is 0 Å². The number of hydrogen-bond acceptors (Lipinski definition) is 6. The molecule has 0 atom stereocenters. The topological polar surface area (TPSA) is 79.4 Å². The summed E-state index contributed by atoms with van der Waals surface area (Å²) in [6, 6.07) is 12.6. The number of ether oxygens (including phenoxy) is 2. The summed E-state index contributed by atoms with van der Waals surface area (Å²) < 4.78 is 38.6. The highest BCUT2D eigenvalue weighted by Gasteiger charge is 2.29. The number of methoxy groups -OCH3 is 1. The molecule has 0 radical (unpaired) electrons. The highest BCUT2D eigenvalue weighted by Crippen LogP contribution is 2.28. The van der Waals surface area contributed by atoms with E-state index in [9.17, 15) is 13.2 Å². The van der Waals surface area contributed by atoms with Gasteiger partial charge in [-0.1, -0.05) is 19.1 Å². The van der Waals surface area contributed by atoms with Crippen molar-refractivity contribution in [3.63, 3.8) is 0 Å². The van der Waals surface area contributed by atoms with E-state index >= 15 is 0 Å². The van der Waals surface area contributed by atoms with Crippen molar-refractivity contribution in [3.8, 4) is 11.5 Å². The van der Waals surface area contributed by atoms with Gasteiger partial charge in [-0.25, -0.2) is 8.42 Å².